The van der Waals surface area contributed by atoms with Gasteiger partial charge in [0.25, 0.3) is 0 Å². The van der Waals surface area contributed by atoms with Crippen LogP contribution in [0, 0.1) is 0 Å². The molecule has 2 saturated heterocycles. The first-order chi connectivity index (χ1) is 40.0. The van der Waals surface area contributed by atoms with E-state index in [1.54, 1.807) is 133 Å². The van der Waals surface area contributed by atoms with Crippen LogP contribution in [0.2, 0.25) is 0 Å². The molecule has 0 bridgehead atoms. The molecule has 0 saturated carbocycles. The molecule has 1 N–H and O–H groups in total. The molecule has 2 fully saturated rings. The molecule has 0 aliphatic carbocycles. The summed E-state index contributed by atoms with van der Waals surface area (Å²) >= 11 is 5.88. The molecule has 82 heavy (non-hydrogen) atoms. The summed E-state index contributed by atoms with van der Waals surface area (Å²) in [5.41, 5.74) is 0.457. The molecule has 2 heterocycles. The maximum atomic E-state index is 14.6. The lowest BCUT2D eigenvalue weighted by Crippen LogP contribution is -2.67. The van der Waals surface area contributed by atoms with Gasteiger partial charge in [-0.2, -0.15) is 0 Å². The number of rotatable bonds is 22. The van der Waals surface area contributed by atoms with Crippen molar-refractivity contribution >= 4 is 47.4 Å². The number of ether oxygens (including phenoxy) is 11. The van der Waals surface area contributed by atoms with Crippen molar-refractivity contribution in [3.05, 3.63) is 240 Å². The average molecular weight is 1140 g/mol. The van der Waals surface area contributed by atoms with Crippen LogP contribution >= 0.6 is 11.6 Å². The topological polar surface area (TPSA) is 224 Å². The molecule has 10 atom stereocenters. The van der Waals surface area contributed by atoms with Gasteiger partial charge in [-0.3, -0.25) is 0 Å². The van der Waals surface area contributed by atoms with Gasteiger partial charge in [-0.15, -0.1) is 11.6 Å². The molecular weight excluding hydrogens is 1080 g/mol. The van der Waals surface area contributed by atoms with Gasteiger partial charge in [0, 0.05) is 5.88 Å². The van der Waals surface area contributed by atoms with Crippen LogP contribution in [0.4, 0.5) is 0 Å². The molecular formula is C63H55ClO18. The van der Waals surface area contributed by atoms with Crippen LogP contribution in [0.5, 0.6) is 11.5 Å². The summed E-state index contributed by atoms with van der Waals surface area (Å²) in [6.45, 7) is -1.07. The molecule has 2 aliphatic heterocycles. The average Bonchev–Trinajstić information content (AvgIpc) is 3.18. The Balaban J connectivity index is 1.17. The van der Waals surface area contributed by atoms with E-state index in [-0.39, 0.29) is 39.1 Å². The Bertz CT molecular complexity index is 3200. The third-order valence-corrected chi connectivity index (χ3v) is 13.2. The molecule has 0 spiro atoms. The van der Waals surface area contributed by atoms with E-state index >= 15 is 0 Å². The number of halogens is 1. The highest BCUT2D eigenvalue weighted by Gasteiger charge is 2.58. The monoisotopic (exact) mass is 1130 g/mol. The second kappa shape index (κ2) is 28.5. The molecule has 0 amide bonds. The molecule has 5 unspecified atom stereocenters. The fraction of sp³-hybridized carbons (Fsp3) is 0.238. The van der Waals surface area contributed by atoms with Gasteiger partial charge in [-0.1, -0.05) is 109 Å². The van der Waals surface area contributed by atoms with E-state index in [2.05, 4.69) is 0 Å². The van der Waals surface area contributed by atoms with Crippen molar-refractivity contribution in [1.82, 2.24) is 0 Å². The van der Waals surface area contributed by atoms with Gasteiger partial charge in [0.15, 0.2) is 24.6 Å². The van der Waals surface area contributed by atoms with Crippen LogP contribution in [0.3, 0.4) is 0 Å². The zero-order valence-corrected chi connectivity index (χ0v) is 44.5. The predicted octanol–water partition coefficient (Wildman–Crippen LogP) is 8.89. The van der Waals surface area contributed by atoms with Crippen LogP contribution < -0.4 is 9.47 Å². The minimum atomic E-state index is -2.02. The third-order valence-electron chi connectivity index (χ3n) is 12.9. The van der Waals surface area contributed by atoms with Gasteiger partial charge in [0.05, 0.1) is 40.0 Å². The quantitative estimate of drug-likeness (QED) is 0.0289. The van der Waals surface area contributed by atoms with Gasteiger partial charge in [-0.25, -0.2) is 28.8 Å². The van der Waals surface area contributed by atoms with E-state index < -0.39 is 110 Å². The van der Waals surface area contributed by atoms with Crippen LogP contribution in [0.25, 0.3) is 0 Å². The molecule has 0 aromatic heterocycles. The Morgan fingerprint density at radius 1 is 0.390 bits per heavy atom. The minimum absolute atomic E-state index is 0.0203. The Kier molecular flexibility index (Phi) is 20.1. The fourth-order valence-corrected chi connectivity index (χ4v) is 8.88. The van der Waals surface area contributed by atoms with Crippen LogP contribution in [-0.4, -0.2) is 128 Å². The highest BCUT2D eigenvalue weighted by Crippen LogP contribution is 2.37. The van der Waals surface area contributed by atoms with Gasteiger partial charge in [0.1, 0.15) is 49.1 Å². The van der Waals surface area contributed by atoms with Gasteiger partial charge < -0.3 is 57.2 Å². The highest BCUT2D eigenvalue weighted by molar-refractivity contribution is 6.17. The lowest BCUT2D eigenvalue weighted by molar-refractivity contribution is -0.349. The standard InChI is InChI=1S/C63H55ClO18/c64-36-19-37-72-46-32-34-47(35-33-46)75-62-55(81-61(71)45-30-17-6-18-31-45)53(79-59(69)43-26-13-4-14-27-43)51(49(77-62)39-74-57(67)41-22-9-2-10-23-41)82-63-54(80-60(70)44-28-15-5-16-29-44)52(78-58(68)42-24-11-3-12-25-42)50(65)48(76-63)38-73-56(66)40-20-7-1-8-21-40/h1-18,20-35,48-55,62-63,65H,19,36-39H2/t48-,49?,50-,51+,52?,53?,54?,55?,62+,63-/m0/s1. The van der Waals surface area contributed by atoms with Gasteiger partial charge in [0.2, 0.25) is 12.4 Å². The fourth-order valence-electron chi connectivity index (χ4n) is 8.77. The number of carbonyl (C=O) groups excluding carboxylic acids is 6. The first-order valence-electron chi connectivity index (χ1n) is 26.1. The summed E-state index contributed by atoms with van der Waals surface area (Å²) in [4.78, 5) is 84.8. The molecule has 7 aromatic carbocycles. The zero-order valence-electron chi connectivity index (χ0n) is 43.7. The molecule has 2 aliphatic rings. The second-order valence-corrected chi connectivity index (χ2v) is 18.9. The number of hydrogen-bond acceptors (Lipinski definition) is 18. The van der Waals surface area contributed by atoms with Crippen molar-refractivity contribution in [3.8, 4) is 11.5 Å². The number of carbonyl (C=O) groups is 6. The Morgan fingerprint density at radius 3 is 1.15 bits per heavy atom. The summed E-state index contributed by atoms with van der Waals surface area (Å²) in [6.07, 6.45) is -17.6. The third kappa shape index (κ3) is 15.1. The van der Waals surface area contributed by atoms with Gasteiger partial charge in [-0.05, 0) is 103 Å². The normalized spacial score (nSPS) is 22.0. The SMILES string of the molecule is O=C(OCC1O[C@@H](Oc2ccc(OCCCCl)cc2)C(OC(=O)c2ccccc2)C(OC(=O)c2ccccc2)[C@@H]1O[C@@H]1O[C@@H](COC(=O)c2ccccc2)[C@H](O)C(OC(=O)c2ccccc2)C1OC(=O)c1ccccc1)c1ccccc1. The van der Waals surface area contributed by atoms with Crippen molar-refractivity contribution in [3.63, 3.8) is 0 Å². The Labute approximate surface area is 476 Å². The molecule has 7 aromatic rings. The van der Waals surface area contributed by atoms with E-state index in [1.807, 2.05) is 0 Å². The number of aliphatic hydroxyl groups excluding tert-OH is 1. The summed E-state index contributed by atoms with van der Waals surface area (Å²) in [5, 5.41) is 12.3. The first kappa shape index (κ1) is 57.8. The van der Waals surface area contributed by atoms with Crippen molar-refractivity contribution in [2.75, 3.05) is 25.7 Å². The summed E-state index contributed by atoms with van der Waals surface area (Å²) < 4.78 is 69.0. The number of aliphatic hydroxyl groups is 1. The maximum Gasteiger partial charge on any atom is 0.338 e. The second-order valence-electron chi connectivity index (χ2n) is 18.5. The van der Waals surface area contributed by atoms with E-state index in [4.69, 9.17) is 63.7 Å². The largest absolute Gasteiger partial charge is 0.494 e. The van der Waals surface area contributed by atoms with Gasteiger partial charge >= 0.3 is 35.8 Å². The van der Waals surface area contributed by atoms with E-state index in [9.17, 15) is 33.9 Å². The van der Waals surface area contributed by atoms with Crippen molar-refractivity contribution in [2.45, 2.75) is 67.8 Å². The highest BCUT2D eigenvalue weighted by atomic mass is 35.5. The summed E-state index contributed by atoms with van der Waals surface area (Å²) in [5.74, 6) is -4.50. The molecule has 18 nitrogen and oxygen atoms in total. The van der Waals surface area contributed by atoms with Crippen LogP contribution in [-0.2, 0) is 42.6 Å². The van der Waals surface area contributed by atoms with Crippen LogP contribution in [0.15, 0.2) is 206 Å². The molecule has 19 heteroatoms. The van der Waals surface area contributed by atoms with Crippen molar-refractivity contribution < 1.29 is 86.0 Å². The lowest BCUT2D eigenvalue weighted by atomic mass is 9.95. The number of esters is 6. The van der Waals surface area contributed by atoms with Crippen LogP contribution in [0.1, 0.15) is 68.6 Å². The summed E-state index contributed by atoms with van der Waals surface area (Å²) in [6, 6.07) is 53.5. The summed E-state index contributed by atoms with van der Waals surface area (Å²) in [7, 11) is 0. The van der Waals surface area contributed by atoms with Crippen molar-refractivity contribution in [2.24, 2.45) is 0 Å². The minimum Gasteiger partial charge on any atom is -0.494 e. The molecule has 9 rings (SSSR count). The number of alkyl halides is 1. The first-order valence-corrected chi connectivity index (χ1v) is 26.6. The maximum absolute atomic E-state index is 14.6. The number of benzene rings is 7. The zero-order chi connectivity index (χ0) is 57.2. The van der Waals surface area contributed by atoms with E-state index in [1.165, 1.54) is 72.8 Å². The predicted molar refractivity (Wildman–Crippen MR) is 292 cm³/mol. The number of hydrogen-bond donors (Lipinski definition) is 1. The molecule has 0 radical (unpaired) electrons. The lowest BCUT2D eigenvalue weighted by Gasteiger charge is -2.48. The van der Waals surface area contributed by atoms with Crippen molar-refractivity contribution in [1.29, 1.82) is 0 Å². The Morgan fingerprint density at radius 2 is 0.732 bits per heavy atom. The Hall–Kier alpha value is -8.91. The van der Waals surface area contributed by atoms with E-state index in [0.717, 1.165) is 0 Å². The molecule has 422 valence electrons. The smallest absolute Gasteiger partial charge is 0.338 e. The van der Waals surface area contributed by atoms with E-state index in [0.29, 0.717) is 24.7 Å².